The highest BCUT2D eigenvalue weighted by Crippen LogP contribution is 2.21. The van der Waals surface area contributed by atoms with Crippen molar-refractivity contribution in [1.82, 2.24) is 9.38 Å². The van der Waals surface area contributed by atoms with Gasteiger partial charge in [0.25, 0.3) is 0 Å². The summed E-state index contributed by atoms with van der Waals surface area (Å²) in [6.45, 7) is 0. The molecule has 0 atom stereocenters. The zero-order valence-electron chi connectivity index (χ0n) is 9.34. The summed E-state index contributed by atoms with van der Waals surface area (Å²) >= 11 is 0. The number of hydrogen-bond donors (Lipinski definition) is 0. The SMILES string of the molecule is N#Cc1cccc(-c2cn3cccc(F)c3n2)c1. The largest absolute Gasteiger partial charge is 0.304 e. The molecular weight excluding hydrogens is 229 g/mol. The van der Waals surface area contributed by atoms with E-state index in [9.17, 15) is 4.39 Å². The van der Waals surface area contributed by atoms with Gasteiger partial charge >= 0.3 is 0 Å². The van der Waals surface area contributed by atoms with E-state index in [1.165, 1.54) is 6.07 Å². The summed E-state index contributed by atoms with van der Waals surface area (Å²) in [6, 6.07) is 12.2. The van der Waals surface area contributed by atoms with Crippen LogP contribution in [0.25, 0.3) is 16.9 Å². The molecular formula is C14H8FN3. The van der Waals surface area contributed by atoms with Crippen molar-refractivity contribution in [2.24, 2.45) is 0 Å². The second-order valence-electron chi connectivity index (χ2n) is 3.91. The van der Waals surface area contributed by atoms with Crippen LogP contribution in [0.4, 0.5) is 4.39 Å². The van der Waals surface area contributed by atoms with E-state index in [4.69, 9.17) is 5.26 Å². The second-order valence-corrected chi connectivity index (χ2v) is 3.91. The molecule has 3 nitrogen and oxygen atoms in total. The smallest absolute Gasteiger partial charge is 0.173 e. The van der Waals surface area contributed by atoms with Crippen molar-refractivity contribution in [3.63, 3.8) is 0 Å². The molecule has 4 heteroatoms. The van der Waals surface area contributed by atoms with E-state index in [1.807, 2.05) is 6.07 Å². The Morgan fingerprint density at radius 3 is 2.89 bits per heavy atom. The molecule has 0 aliphatic rings. The first-order valence-electron chi connectivity index (χ1n) is 5.42. The lowest BCUT2D eigenvalue weighted by atomic mass is 10.1. The Bertz CT molecular complexity index is 768. The Morgan fingerprint density at radius 1 is 1.22 bits per heavy atom. The van der Waals surface area contributed by atoms with E-state index in [-0.39, 0.29) is 11.5 Å². The molecule has 0 unspecified atom stereocenters. The topological polar surface area (TPSA) is 41.1 Å². The summed E-state index contributed by atoms with van der Waals surface area (Å²) in [7, 11) is 0. The van der Waals surface area contributed by atoms with E-state index < -0.39 is 0 Å². The van der Waals surface area contributed by atoms with E-state index >= 15 is 0 Å². The molecule has 0 saturated heterocycles. The first-order valence-corrected chi connectivity index (χ1v) is 5.42. The molecule has 0 amide bonds. The van der Waals surface area contributed by atoms with Gasteiger partial charge in [0.1, 0.15) is 0 Å². The maximum Gasteiger partial charge on any atom is 0.173 e. The Labute approximate surface area is 103 Å². The standard InChI is InChI=1S/C14H8FN3/c15-12-5-2-6-18-9-13(17-14(12)18)11-4-1-3-10(7-11)8-16/h1-7,9H. The van der Waals surface area contributed by atoms with Crippen molar-refractivity contribution in [2.45, 2.75) is 0 Å². The lowest BCUT2D eigenvalue weighted by Gasteiger charge is -1.95. The van der Waals surface area contributed by atoms with Crippen LogP contribution >= 0.6 is 0 Å². The molecule has 1 aromatic carbocycles. The fourth-order valence-corrected chi connectivity index (χ4v) is 1.87. The lowest BCUT2D eigenvalue weighted by molar-refractivity contribution is 0.630. The van der Waals surface area contributed by atoms with Crippen LogP contribution in [0, 0.1) is 17.1 Å². The molecule has 0 N–H and O–H groups in total. The molecule has 0 spiro atoms. The van der Waals surface area contributed by atoms with E-state index in [2.05, 4.69) is 11.1 Å². The van der Waals surface area contributed by atoms with Crippen LogP contribution < -0.4 is 0 Å². The molecule has 0 fully saturated rings. The summed E-state index contributed by atoms with van der Waals surface area (Å²) in [5.74, 6) is -0.361. The van der Waals surface area contributed by atoms with Gasteiger partial charge in [0.05, 0.1) is 17.3 Å². The first-order chi connectivity index (χ1) is 8.78. The highest BCUT2D eigenvalue weighted by atomic mass is 19.1. The van der Waals surface area contributed by atoms with Gasteiger partial charge in [0.15, 0.2) is 11.5 Å². The number of imidazole rings is 1. The molecule has 2 aromatic heterocycles. The van der Waals surface area contributed by atoms with Crippen molar-refractivity contribution in [1.29, 1.82) is 5.26 Å². The van der Waals surface area contributed by atoms with Crippen molar-refractivity contribution >= 4 is 5.65 Å². The summed E-state index contributed by atoms with van der Waals surface area (Å²) in [6.07, 6.45) is 3.48. The van der Waals surface area contributed by atoms with Crippen LogP contribution in [0.3, 0.4) is 0 Å². The molecule has 18 heavy (non-hydrogen) atoms. The fraction of sp³-hybridized carbons (Fsp3) is 0. The summed E-state index contributed by atoms with van der Waals surface area (Å²) in [5, 5.41) is 8.86. The number of nitrogens with zero attached hydrogens (tertiary/aromatic N) is 3. The van der Waals surface area contributed by atoms with Gasteiger partial charge in [0.2, 0.25) is 0 Å². The van der Waals surface area contributed by atoms with Crippen LogP contribution in [-0.4, -0.2) is 9.38 Å². The molecule has 86 valence electrons. The molecule has 0 radical (unpaired) electrons. The summed E-state index contributed by atoms with van der Waals surface area (Å²) in [5.41, 5.74) is 2.30. The lowest BCUT2D eigenvalue weighted by Crippen LogP contribution is -1.84. The number of aromatic nitrogens is 2. The maximum absolute atomic E-state index is 13.5. The monoisotopic (exact) mass is 237 g/mol. The van der Waals surface area contributed by atoms with Gasteiger partial charge < -0.3 is 4.40 Å². The molecule has 0 saturated carbocycles. The van der Waals surface area contributed by atoms with Crippen LogP contribution in [0.15, 0.2) is 48.8 Å². The Kier molecular flexibility index (Phi) is 2.31. The maximum atomic E-state index is 13.5. The van der Waals surface area contributed by atoms with E-state index in [1.54, 1.807) is 41.1 Å². The summed E-state index contributed by atoms with van der Waals surface area (Å²) in [4.78, 5) is 4.24. The van der Waals surface area contributed by atoms with Gasteiger partial charge in [-0.1, -0.05) is 12.1 Å². The number of halogens is 1. The van der Waals surface area contributed by atoms with Crippen LogP contribution in [0.5, 0.6) is 0 Å². The fourth-order valence-electron chi connectivity index (χ4n) is 1.87. The minimum absolute atomic E-state index is 0.287. The van der Waals surface area contributed by atoms with Crippen LogP contribution in [0.1, 0.15) is 5.56 Å². The summed E-state index contributed by atoms with van der Waals surface area (Å²) < 4.78 is 15.2. The minimum Gasteiger partial charge on any atom is -0.304 e. The average Bonchev–Trinajstić information content (AvgIpc) is 2.84. The van der Waals surface area contributed by atoms with Crippen molar-refractivity contribution in [3.05, 3.63) is 60.2 Å². The molecule has 0 bridgehead atoms. The number of pyridine rings is 1. The third-order valence-electron chi connectivity index (χ3n) is 2.72. The normalized spacial score (nSPS) is 10.4. The van der Waals surface area contributed by atoms with Crippen LogP contribution in [-0.2, 0) is 0 Å². The van der Waals surface area contributed by atoms with Gasteiger partial charge in [-0.3, -0.25) is 0 Å². The third-order valence-corrected chi connectivity index (χ3v) is 2.72. The van der Waals surface area contributed by atoms with Crippen molar-refractivity contribution in [2.75, 3.05) is 0 Å². The number of rotatable bonds is 1. The molecule has 3 rings (SSSR count). The van der Waals surface area contributed by atoms with Gasteiger partial charge in [-0.05, 0) is 24.3 Å². The molecule has 0 aliphatic heterocycles. The molecule has 3 aromatic rings. The third kappa shape index (κ3) is 1.62. The van der Waals surface area contributed by atoms with Gasteiger partial charge in [-0.15, -0.1) is 0 Å². The Hall–Kier alpha value is -2.67. The van der Waals surface area contributed by atoms with Crippen molar-refractivity contribution in [3.8, 4) is 17.3 Å². The van der Waals surface area contributed by atoms with Crippen molar-refractivity contribution < 1.29 is 4.39 Å². The highest BCUT2D eigenvalue weighted by molar-refractivity contribution is 5.64. The minimum atomic E-state index is -0.361. The highest BCUT2D eigenvalue weighted by Gasteiger charge is 2.07. The predicted molar refractivity (Wildman–Crippen MR) is 65.3 cm³/mol. The van der Waals surface area contributed by atoms with E-state index in [0.717, 1.165) is 5.56 Å². The number of hydrogen-bond acceptors (Lipinski definition) is 2. The van der Waals surface area contributed by atoms with Crippen LogP contribution in [0.2, 0.25) is 0 Å². The van der Waals surface area contributed by atoms with Gasteiger partial charge in [-0.25, -0.2) is 9.37 Å². The zero-order chi connectivity index (χ0) is 12.5. The molecule has 2 heterocycles. The zero-order valence-corrected chi connectivity index (χ0v) is 9.34. The van der Waals surface area contributed by atoms with Gasteiger partial charge in [0, 0.05) is 18.0 Å². The molecule has 0 aliphatic carbocycles. The second kappa shape index (κ2) is 3.97. The Morgan fingerprint density at radius 2 is 2.11 bits per heavy atom. The number of fused-ring (bicyclic) bond motifs is 1. The number of benzene rings is 1. The Balaban J connectivity index is 2.20. The predicted octanol–water partition coefficient (Wildman–Crippen LogP) is 3.01. The van der Waals surface area contributed by atoms with E-state index in [0.29, 0.717) is 11.3 Å². The number of nitriles is 1. The average molecular weight is 237 g/mol. The first kappa shape index (κ1) is 10.5. The quantitative estimate of drug-likeness (QED) is 0.652. The van der Waals surface area contributed by atoms with Gasteiger partial charge in [-0.2, -0.15) is 5.26 Å².